The van der Waals surface area contributed by atoms with Gasteiger partial charge in [0.2, 0.25) is 0 Å². The van der Waals surface area contributed by atoms with E-state index in [4.69, 9.17) is 14.2 Å². The predicted molar refractivity (Wildman–Crippen MR) is 246 cm³/mol. The molecule has 7 heteroatoms. The fraction of sp³-hybridized carbons (Fsp3) is 0.941. The SMILES string of the molecule is CCCCCC(CCCCC)CCOC(=O)CCCCCCCC(CCCCCCCC(=O)OCCC(CCCCC)CCCCC)C(=O)OCCCN(C)C(C)C. The first-order chi connectivity index (χ1) is 28.2. The molecule has 0 amide bonds. The van der Waals surface area contributed by atoms with Crippen LogP contribution in [-0.4, -0.2) is 62.3 Å². The van der Waals surface area contributed by atoms with Gasteiger partial charge in [0.25, 0.3) is 0 Å². The maximum absolute atomic E-state index is 13.2. The highest BCUT2D eigenvalue weighted by atomic mass is 16.5. The second-order valence-electron chi connectivity index (χ2n) is 18.1. The summed E-state index contributed by atoms with van der Waals surface area (Å²) in [4.78, 5) is 40.3. The van der Waals surface area contributed by atoms with E-state index in [0.717, 1.165) is 103 Å². The van der Waals surface area contributed by atoms with Crippen molar-refractivity contribution in [2.45, 2.75) is 259 Å². The lowest BCUT2D eigenvalue weighted by Gasteiger charge is -2.21. The lowest BCUT2D eigenvalue weighted by Crippen LogP contribution is -2.28. The lowest BCUT2D eigenvalue weighted by atomic mass is 9.92. The molecule has 0 aromatic carbocycles. The van der Waals surface area contributed by atoms with Crippen LogP contribution in [-0.2, 0) is 28.6 Å². The molecule has 58 heavy (non-hydrogen) atoms. The zero-order valence-electron chi connectivity index (χ0n) is 39.9. The number of rotatable bonds is 44. The molecule has 0 aliphatic rings. The Labute approximate surface area is 361 Å². The van der Waals surface area contributed by atoms with Crippen LogP contribution in [0.3, 0.4) is 0 Å². The van der Waals surface area contributed by atoms with Crippen molar-refractivity contribution in [3.63, 3.8) is 0 Å². The topological polar surface area (TPSA) is 82.1 Å². The Kier molecular flexibility index (Phi) is 40.9. The molecule has 0 spiro atoms. The number of carbonyl (C=O) groups excluding carboxylic acids is 3. The Morgan fingerprint density at radius 1 is 0.414 bits per heavy atom. The third-order valence-corrected chi connectivity index (χ3v) is 12.4. The number of nitrogens with zero attached hydrogens (tertiary/aromatic N) is 1. The first-order valence-corrected chi connectivity index (χ1v) is 25.4. The number of esters is 3. The first kappa shape index (κ1) is 56.4. The minimum atomic E-state index is -0.0478. The average molecular weight is 822 g/mol. The molecule has 0 saturated carbocycles. The minimum absolute atomic E-state index is 0.0337. The summed E-state index contributed by atoms with van der Waals surface area (Å²) in [7, 11) is 2.11. The van der Waals surface area contributed by atoms with Crippen molar-refractivity contribution in [1.29, 1.82) is 0 Å². The molecule has 0 heterocycles. The second-order valence-corrected chi connectivity index (χ2v) is 18.1. The molecule has 0 atom stereocenters. The normalized spacial score (nSPS) is 11.8. The maximum Gasteiger partial charge on any atom is 0.308 e. The van der Waals surface area contributed by atoms with Crippen LogP contribution in [0.5, 0.6) is 0 Å². The van der Waals surface area contributed by atoms with Crippen molar-refractivity contribution in [3.8, 4) is 0 Å². The zero-order chi connectivity index (χ0) is 42.9. The van der Waals surface area contributed by atoms with Crippen LogP contribution in [0.1, 0.15) is 253 Å². The summed E-state index contributed by atoms with van der Waals surface area (Å²) in [5.74, 6) is 1.21. The molecule has 7 nitrogen and oxygen atoms in total. The summed E-state index contributed by atoms with van der Waals surface area (Å²) in [5, 5.41) is 0. The van der Waals surface area contributed by atoms with Gasteiger partial charge in [-0.2, -0.15) is 0 Å². The smallest absolute Gasteiger partial charge is 0.308 e. The Hall–Kier alpha value is -1.63. The van der Waals surface area contributed by atoms with Crippen molar-refractivity contribution in [2.24, 2.45) is 17.8 Å². The molecular weight excluding hydrogens is 723 g/mol. The van der Waals surface area contributed by atoms with Gasteiger partial charge >= 0.3 is 17.9 Å². The summed E-state index contributed by atoms with van der Waals surface area (Å²) >= 11 is 0. The van der Waals surface area contributed by atoms with Gasteiger partial charge < -0.3 is 19.1 Å². The van der Waals surface area contributed by atoms with Crippen LogP contribution in [0.15, 0.2) is 0 Å². The van der Waals surface area contributed by atoms with Crippen LogP contribution in [0, 0.1) is 17.8 Å². The molecule has 0 rings (SSSR count). The van der Waals surface area contributed by atoms with E-state index >= 15 is 0 Å². The Morgan fingerprint density at radius 3 is 1.16 bits per heavy atom. The van der Waals surface area contributed by atoms with E-state index in [9.17, 15) is 14.4 Å². The highest BCUT2D eigenvalue weighted by Crippen LogP contribution is 2.24. The van der Waals surface area contributed by atoms with E-state index in [0.29, 0.717) is 50.5 Å². The Bertz CT molecular complexity index is 849. The van der Waals surface area contributed by atoms with Crippen molar-refractivity contribution >= 4 is 17.9 Å². The van der Waals surface area contributed by atoms with Gasteiger partial charge in [0.15, 0.2) is 0 Å². The van der Waals surface area contributed by atoms with Crippen LogP contribution in [0.2, 0.25) is 0 Å². The lowest BCUT2D eigenvalue weighted by molar-refractivity contribution is -0.149. The van der Waals surface area contributed by atoms with E-state index in [1.807, 2.05) is 0 Å². The van der Waals surface area contributed by atoms with Crippen molar-refractivity contribution in [2.75, 3.05) is 33.4 Å². The van der Waals surface area contributed by atoms with Gasteiger partial charge in [0.05, 0.1) is 25.7 Å². The third-order valence-electron chi connectivity index (χ3n) is 12.4. The van der Waals surface area contributed by atoms with Crippen molar-refractivity contribution < 1.29 is 28.6 Å². The van der Waals surface area contributed by atoms with Gasteiger partial charge in [0.1, 0.15) is 0 Å². The van der Waals surface area contributed by atoms with Gasteiger partial charge in [-0.3, -0.25) is 14.4 Å². The van der Waals surface area contributed by atoms with Crippen LogP contribution < -0.4 is 0 Å². The fourth-order valence-corrected chi connectivity index (χ4v) is 8.04. The molecule has 0 aromatic heterocycles. The highest BCUT2D eigenvalue weighted by molar-refractivity contribution is 5.72. The standard InChI is InChI=1S/C51H99NO6/c1-8-12-22-31-46(32-23-13-9-2)39-43-56-49(53)37-28-20-16-18-26-35-48(51(55)58-42-30-41-52(7)45(5)6)36-27-19-17-21-29-38-50(54)57-44-40-47(33-24-14-10-3)34-25-15-11-4/h45-48H,8-44H2,1-7H3. The number of hydrogen-bond donors (Lipinski definition) is 0. The number of carbonyl (C=O) groups is 3. The first-order valence-electron chi connectivity index (χ1n) is 25.4. The van der Waals surface area contributed by atoms with E-state index < -0.39 is 0 Å². The fourth-order valence-electron chi connectivity index (χ4n) is 8.04. The molecule has 0 unspecified atom stereocenters. The van der Waals surface area contributed by atoms with E-state index in [-0.39, 0.29) is 23.8 Å². The van der Waals surface area contributed by atoms with Crippen molar-refractivity contribution in [3.05, 3.63) is 0 Å². The zero-order valence-corrected chi connectivity index (χ0v) is 39.9. The molecule has 0 bridgehead atoms. The molecule has 0 saturated heterocycles. The number of ether oxygens (including phenoxy) is 3. The van der Waals surface area contributed by atoms with Crippen LogP contribution in [0.25, 0.3) is 0 Å². The molecule has 0 fully saturated rings. The van der Waals surface area contributed by atoms with Gasteiger partial charge in [0, 0.05) is 25.4 Å². The molecule has 0 aliphatic carbocycles. The quantitative estimate of drug-likeness (QED) is 0.0344. The van der Waals surface area contributed by atoms with Gasteiger partial charge in [-0.25, -0.2) is 0 Å². The summed E-state index contributed by atoms with van der Waals surface area (Å²) in [6.07, 6.45) is 36.2. The van der Waals surface area contributed by atoms with E-state index in [1.54, 1.807) is 0 Å². The maximum atomic E-state index is 13.2. The Balaban J connectivity index is 4.47. The van der Waals surface area contributed by atoms with Gasteiger partial charge in [-0.15, -0.1) is 0 Å². The predicted octanol–water partition coefficient (Wildman–Crippen LogP) is 14.8. The third kappa shape index (κ3) is 36.2. The number of unbranched alkanes of at least 4 members (excludes halogenated alkanes) is 16. The van der Waals surface area contributed by atoms with E-state index in [2.05, 4.69) is 53.5 Å². The van der Waals surface area contributed by atoms with Gasteiger partial charge in [-0.1, -0.05) is 182 Å². The van der Waals surface area contributed by atoms with E-state index in [1.165, 1.54) is 103 Å². The average Bonchev–Trinajstić information content (AvgIpc) is 3.20. The molecular formula is C51H99NO6. The molecule has 0 radical (unpaired) electrons. The minimum Gasteiger partial charge on any atom is -0.466 e. The molecule has 0 aliphatic heterocycles. The highest BCUT2D eigenvalue weighted by Gasteiger charge is 2.20. The summed E-state index contributed by atoms with van der Waals surface area (Å²) < 4.78 is 17.1. The monoisotopic (exact) mass is 822 g/mol. The molecule has 344 valence electrons. The number of hydrogen-bond acceptors (Lipinski definition) is 7. The van der Waals surface area contributed by atoms with Crippen LogP contribution >= 0.6 is 0 Å². The summed E-state index contributed by atoms with van der Waals surface area (Å²) in [5.41, 5.74) is 0. The second kappa shape index (κ2) is 42.1. The van der Waals surface area contributed by atoms with Crippen LogP contribution in [0.4, 0.5) is 0 Å². The van der Waals surface area contributed by atoms with Crippen molar-refractivity contribution in [1.82, 2.24) is 4.90 Å². The molecule has 0 aromatic rings. The largest absolute Gasteiger partial charge is 0.466 e. The van der Waals surface area contributed by atoms with Gasteiger partial charge in [-0.05, 0) is 77.7 Å². The Morgan fingerprint density at radius 2 is 0.776 bits per heavy atom. The summed E-state index contributed by atoms with van der Waals surface area (Å²) in [6.45, 7) is 15.9. The molecule has 0 N–H and O–H groups in total. The summed E-state index contributed by atoms with van der Waals surface area (Å²) in [6, 6.07) is 0.482.